The van der Waals surface area contributed by atoms with Crippen molar-refractivity contribution < 1.29 is 0 Å². The second-order valence-corrected chi connectivity index (χ2v) is 5.19. The summed E-state index contributed by atoms with van der Waals surface area (Å²) in [6, 6.07) is 7.24. The summed E-state index contributed by atoms with van der Waals surface area (Å²) in [7, 11) is 0. The molecule has 2 heteroatoms. The largest absolute Gasteiger partial charge is 0.310 e. The highest BCUT2D eigenvalue weighted by Gasteiger charge is 2.31. The van der Waals surface area contributed by atoms with E-state index in [0.717, 1.165) is 18.5 Å². The first-order valence-corrected chi connectivity index (χ1v) is 5.94. The summed E-state index contributed by atoms with van der Waals surface area (Å²) >= 11 is 3.48. The molecular weight excluding hydrogens is 238 g/mol. The SMILES string of the molecule is Cc1cc(Br)ccc1CN[C@@H]1C[C@H]1C. The van der Waals surface area contributed by atoms with Crippen molar-refractivity contribution in [1.29, 1.82) is 0 Å². The standard InChI is InChI=1S/C12H16BrN/c1-8-5-11(13)4-3-10(8)7-14-12-6-9(12)2/h3-5,9,12,14H,6-7H2,1-2H3/t9-,12-/m1/s1. The predicted octanol–water partition coefficient (Wildman–Crippen LogP) is 3.26. The van der Waals surface area contributed by atoms with E-state index < -0.39 is 0 Å². The number of halogens is 1. The molecule has 1 nitrogen and oxygen atoms in total. The van der Waals surface area contributed by atoms with E-state index in [1.807, 2.05) is 0 Å². The lowest BCUT2D eigenvalue weighted by atomic mass is 10.1. The van der Waals surface area contributed by atoms with Gasteiger partial charge in [-0.2, -0.15) is 0 Å². The lowest BCUT2D eigenvalue weighted by Crippen LogP contribution is -2.17. The fourth-order valence-corrected chi connectivity index (χ4v) is 2.18. The van der Waals surface area contributed by atoms with Gasteiger partial charge >= 0.3 is 0 Å². The second kappa shape index (κ2) is 4.03. The van der Waals surface area contributed by atoms with Gasteiger partial charge in [0, 0.05) is 17.1 Å². The van der Waals surface area contributed by atoms with Gasteiger partial charge in [0.05, 0.1) is 0 Å². The Morgan fingerprint density at radius 1 is 1.50 bits per heavy atom. The minimum absolute atomic E-state index is 0.762. The van der Waals surface area contributed by atoms with Gasteiger partial charge in [0.2, 0.25) is 0 Å². The molecule has 1 saturated carbocycles. The first-order chi connectivity index (χ1) is 6.66. The monoisotopic (exact) mass is 253 g/mol. The van der Waals surface area contributed by atoms with Crippen LogP contribution in [0.4, 0.5) is 0 Å². The van der Waals surface area contributed by atoms with Gasteiger partial charge in [-0.15, -0.1) is 0 Å². The molecule has 0 saturated heterocycles. The molecular formula is C12H16BrN. The normalized spacial score (nSPS) is 25.1. The lowest BCUT2D eigenvalue weighted by molar-refractivity contribution is 0.650. The maximum atomic E-state index is 3.57. The van der Waals surface area contributed by atoms with E-state index in [1.54, 1.807) is 0 Å². The molecule has 0 unspecified atom stereocenters. The van der Waals surface area contributed by atoms with Gasteiger partial charge in [-0.3, -0.25) is 0 Å². The third-order valence-corrected chi connectivity index (χ3v) is 3.46. The van der Waals surface area contributed by atoms with Crippen molar-refractivity contribution >= 4 is 15.9 Å². The van der Waals surface area contributed by atoms with Crippen molar-refractivity contribution in [3.63, 3.8) is 0 Å². The zero-order valence-electron chi connectivity index (χ0n) is 8.68. The highest BCUT2D eigenvalue weighted by Crippen LogP contribution is 2.29. The zero-order valence-corrected chi connectivity index (χ0v) is 10.3. The van der Waals surface area contributed by atoms with Crippen LogP contribution in [-0.2, 0) is 6.54 Å². The summed E-state index contributed by atoms with van der Waals surface area (Å²) in [4.78, 5) is 0. The minimum atomic E-state index is 0.762. The van der Waals surface area contributed by atoms with E-state index in [-0.39, 0.29) is 0 Å². The minimum Gasteiger partial charge on any atom is -0.310 e. The third-order valence-electron chi connectivity index (χ3n) is 2.97. The molecule has 76 valence electrons. The summed E-state index contributed by atoms with van der Waals surface area (Å²) in [5.41, 5.74) is 2.77. The molecule has 1 fully saturated rings. The van der Waals surface area contributed by atoms with E-state index in [4.69, 9.17) is 0 Å². The molecule has 0 amide bonds. The first-order valence-electron chi connectivity index (χ1n) is 5.15. The zero-order chi connectivity index (χ0) is 10.1. The molecule has 14 heavy (non-hydrogen) atoms. The van der Waals surface area contributed by atoms with Crippen LogP contribution in [0.2, 0.25) is 0 Å². The van der Waals surface area contributed by atoms with Crippen LogP contribution in [-0.4, -0.2) is 6.04 Å². The number of rotatable bonds is 3. The van der Waals surface area contributed by atoms with E-state index in [2.05, 4.69) is 53.3 Å². The van der Waals surface area contributed by atoms with Crippen LogP contribution < -0.4 is 5.32 Å². The van der Waals surface area contributed by atoms with E-state index >= 15 is 0 Å². The van der Waals surface area contributed by atoms with Gasteiger partial charge < -0.3 is 5.32 Å². The number of nitrogens with one attached hydrogen (secondary N) is 1. The molecule has 1 N–H and O–H groups in total. The Balaban J connectivity index is 1.95. The topological polar surface area (TPSA) is 12.0 Å². The number of aryl methyl sites for hydroxylation is 1. The van der Waals surface area contributed by atoms with Crippen molar-refractivity contribution in [2.24, 2.45) is 5.92 Å². The quantitative estimate of drug-likeness (QED) is 0.873. The van der Waals surface area contributed by atoms with E-state index in [9.17, 15) is 0 Å². The van der Waals surface area contributed by atoms with Crippen LogP contribution in [0.1, 0.15) is 24.5 Å². The Labute approximate surface area is 94.0 Å². The van der Waals surface area contributed by atoms with Gasteiger partial charge in [-0.1, -0.05) is 28.9 Å². The predicted molar refractivity (Wildman–Crippen MR) is 63.3 cm³/mol. The van der Waals surface area contributed by atoms with Crippen LogP contribution in [0.15, 0.2) is 22.7 Å². The van der Waals surface area contributed by atoms with Gasteiger partial charge in [0.1, 0.15) is 0 Å². The van der Waals surface area contributed by atoms with Crippen molar-refractivity contribution in [2.45, 2.75) is 32.9 Å². The maximum absolute atomic E-state index is 3.57. The van der Waals surface area contributed by atoms with Crippen molar-refractivity contribution in [3.05, 3.63) is 33.8 Å². The van der Waals surface area contributed by atoms with Crippen molar-refractivity contribution in [3.8, 4) is 0 Å². The molecule has 0 heterocycles. The Morgan fingerprint density at radius 2 is 2.21 bits per heavy atom. The van der Waals surface area contributed by atoms with Crippen molar-refractivity contribution in [1.82, 2.24) is 5.32 Å². The summed E-state index contributed by atoms with van der Waals surface area (Å²) in [5.74, 6) is 0.880. The first kappa shape index (κ1) is 10.2. The molecule has 2 rings (SSSR count). The van der Waals surface area contributed by atoms with Gasteiger partial charge in [-0.25, -0.2) is 0 Å². The Kier molecular flexibility index (Phi) is 2.93. The van der Waals surface area contributed by atoms with E-state index in [0.29, 0.717) is 0 Å². The highest BCUT2D eigenvalue weighted by atomic mass is 79.9. The highest BCUT2D eigenvalue weighted by molar-refractivity contribution is 9.10. The molecule has 1 aromatic carbocycles. The summed E-state index contributed by atoms with van der Waals surface area (Å²) in [5, 5.41) is 3.57. The average molecular weight is 254 g/mol. The molecule has 0 aromatic heterocycles. The molecule has 0 spiro atoms. The smallest absolute Gasteiger partial charge is 0.0210 e. The van der Waals surface area contributed by atoms with Crippen LogP contribution >= 0.6 is 15.9 Å². The van der Waals surface area contributed by atoms with Crippen molar-refractivity contribution in [2.75, 3.05) is 0 Å². The Morgan fingerprint density at radius 3 is 2.79 bits per heavy atom. The molecule has 0 radical (unpaired) electrons. The fourth-order valence-electron chi connectivity index (χ4n) is 1.71. The van der Waals surface area contributed by atoms with Gasteiger partial charge in [0.15, 0.2) is 0 Å². The van der Waals surface area contributed by atoms with Crippen LogP contribution in [0, 0.1) is 12.8 Å². The summed E-state index contributed by atoms with van der Waals surface area (Å²) < 4.78 is 1.17. The molecule has 1 aliphatic carbocycles. The third kappa shape index (κ3) is 2.37. The summed E-state index contributed by atoms with van der Waals surface area (Å²) in [6.07, 6.45) is 1.34. The number of benzene rings is 1. The van der Waals surface area contributed by atoms with Crippen LogP contribution in [0.3, 0.4) is 0 Å². The van der Waals surface area contributed by atoms with Gasteiger partial charge in [-0.05, 0) is 42.5 Å². The van der Waals surface area contributed by atoms with E-state index in [1.165, 1.54) is 22.0 Å². The summed E-state index contributed by atoms with van der Waals surface area (Å²) in [6.45, 7) is 5.47. The molecule has 0 bridgehead atoms. The Bertz CT molecular complexity index is 335. The number of hydrogen-bond donors (Lipinski definition) is 1. The second-order valence-electron chi connectivity index (χ2n) is 4.27. The molecule has 0 aliphatic heterocycles. The lowest BCUT2D eigenvalue weighted by Gasteiger charge is -2.07. The maximum Gasteiger partial charge on any atom is 0.0210 e. The fraction of sp³-hybridized carbons (Fsp3) is 0.500. The van der Waals surface area contributed by atoms with Crippen LogP contribution in [0.5, 0.6) is 0 Å². The van der Waals surface area contributed by atoms with Crippen LogP contribution in [0.25, 0.3) is 0 Å². The number of hydrogen-bond acceptors (Lipinski definition) is 1. The molecule has 2 atom stereocenters. The van der Waals surface area contributed by atoms with Gasteiger partial charge in [0.25, 0.3) is 0 Å². The average Bonchev–Trinajstić information content (AvgIpc) is 2.80. The molecule has 1 aliphatic rings. The Hall–Kier alpha value is -0.340. The molecule has 1 aromatic rings.